The summed E-state index contributed by atoms with van der Waals surface area (Å²) in [5, 5.41) is 13.2. The number of amides is 1. The average Bonchev–Trinajstić information content (AvgIpc) is 2.87. The van der Waals surface area contributed by atoms with Crippen LogP contribution >= 0.6 is 15.9 Å². The second kappa shape index (κ2) is 6.18. The van der Waals surface area contributed by atoms with E-state index < -0.39 is 16.7 Å². The molecule has 7 heteroatoms. The van der Waals surface area contributed by atoms with Crippen LogP contribution in [0.25, 0.3) is 0 Å². The summed E-state index contributed by atoms with van der Waals surface area (Å²) in [6.45, 7) is 0.590. The average molecular weight is 331 g/mol. The van der Waals surface area contributed by atoms with Crippen LogP contribution in [0.15, 0.2) is 16.5 Å². The molecule has 6 nitrogen and oxygen atoms in total. The largest absolute Gasteiger partial charge is 0.433 e. The first-order chi connectivity index (χ1) is 9.06. The van der Waals surface area contributed by atoms with Crippen molar-refractivity contribution >= 4 is 27.7 Å². The molecule has 0 bridgehead atoms. The van der Waals surface area contributed by atoms with Gasteiger partial charge in [-0.2, -0.15) is 0 Å². The zero-order valence-electron chi connectivity index (χ0n) is 10.3. The molecule has 1 aliphatic carbocycles. The number of carbonyl (C=O) groups is 1. The van der Waals surface area contributed by atoms with Crippen molar-refractivity contribution in [1.29, 1.82) is 0 Å². The molecule has 104 valence electrons. The lowest BCUT2D eigenvalue weighted by Gasteiger charge is -2.25. The van der Waals surface area contributed by atoms with E-state index in [9.17, 15) is 14.9 Å². The molecule has 1 saturated carbocycles. The van der Waals surface area contributed by atoms with Gasteiger partial charge in [0.05, 0.1) is 6.07 Å². The highest BCUT2D eigenvalue weighted by molar-refractivity contribution is 9.09. The Bertz CT molecular complexity index is 466. The van der Waals surface area contributed by atoms with Gasteiger partial charge in [-0.3, -0.25) is 14.9 Å². The van der Waals surface area contributed by atoms with Gasteiger partial charge in [-0.05, 0) is 37.7 Å². The maximum atomic E-state index is 11.8. The van der Waals surface area contributed by atoms with Gasteiger partial charge in [-0.15, -0.1) is 0 Å². The quantitative estimate of drug-likeness (QED) is 0.522. The Kier molecular flexibility index (Phi) is 4.57. The zero-order chi connectivity index (χ0) is 13.8. The first-order valence-corrected chi connectivity index (χ1v) is 7.14. The van der Waals surface area contributed by atoms with Gasteiger partial charge in [0, 0.05) is 11.4 Å². The van der Waals surface area contributed by atoms with Crippen LogP contribution in [0.2, 0.25) is 0 Å². The highest BCUT2D eigenvalue weighted by Gasteiger charge is 2.21. The van der Waals surface area contributed by atoms with Crippen molar-refractivity contribution in [3.63, 3.8) is 0 Å². The summed E-state index contributed by atoms with van der Waals surface area (Å²) >= 11 is 3.58. The van der Waals surface area contributed by atoms with Crippen molar-refractivity contribution in [3.8, 4) is 0 Å². The van der Waals surface area contributed by atoms with E-state index in [1.54, 1.807) is 0 Å². The molecule has 0 spiro atoms. The summed E-state index contributed by atoms with van der Waals surface area (Å²) in [6.07, 6.45) is 4.39. The Morgan fingerprint density at radius 3 is 2.68 bits per heavy atom. The van der Waals surface area contributed by atoms with Gasteiger partial charge in [0.2, 0.25) is 0 Å². The summed E-state index contributed by atoms with van der Waals surface area (Å²) < 4.78 is 4.85. The molecule has 1 fully saturated rings. The number of furan rings is 1. The molecule has 1 heterocycles. The maximum absolute atomic E-state index is 11.8. The van der Waals surface area contributed by atoms with Gasteiger partial charge in [0.15, 0.2) is 5.76 Å². The predicted molar refractivity (Wildman–Crippen MR) is 72.4 cm³/mol. The van der Waals surface area contributed by atoms with E-state index in [0.717, 1.165) is 25.7 Å². The molecule has 0 aliphatic heterocycles. The van der Waals surface area contributed by atoms with Crippen LogP contribution in [0.3, 0.4) is 0 Å². The van der Waals surface area contributed by atoms with E-state index in [4.69, 9.17) is 4.42 Å². The Morgan fingerprint density at radius 2 is 2.11 bits per heavy atom. The predicted octanol–water partition coefficient (Wildman–Crippen LogP) is 2.87. The van der Waals surface area contributed by atoms with E-state index in [1.165, 1.54) is 12.1 Å². The molecule has 1 aliphatic rings. The number of hydrogen-bond acceptors (Lipinski definition) is 4. The summed E-state index contributed by atoms with van der Waals surface area (Å²) in [5.41, 5.74) is 0. The Labute approximate surface area is 118 Å². The number of alkyl halides is 1. The van der Waals surface area contributed by atoms with Gasteiger partial charge in [-0.1, -0.05) is 15.9 Å². The third-order valence-electron chi connectivity index (χ3n) is 3.32. The first kappa shape index (κ1) is 14.0. The van der Waals surface area contributed by atoms with E-state index in [1.807, 2.05) is 0 Å². The van der Waals surface area contributed by atoms with E-state index >= 15 is 0 Å². The Morgan fingerprint density at radius 1 is 1.42 bits per heavy atom. The van der Waals surface area contributed by atoms with Crippen molar-refractivity contribution in [1.82, 2.24) is 5.32 Å². The molecule has 2 rings (SSSR count). The molecular formula is C12H15BrN2O4. The summed E-state index contributed by atoms with van der Waals surface area (Å²) in [6, 6.07) is 2.51. The molecule has 1 aromatic rings. The fourth-order valence-corrected chi connectivity index (χ4v) is 2.73. The SMILES string of the molecule is O=C(NCC1CCC(Br)CC1)c1ccc([N+](=O)[O-])o1. The van der Waals surface area contributed by atoms with E-state index in [2.05, 4.69) is 21.2 Å². The Hall–Kier alpha value is -1.37. The lowest BCUT2D eigenvalue weighted by atomic mass is 9.89. The van der Waals surface area contributed by atoms with Crippen molar-refractivity contribution < 1.29 is 14.1 Å². The minimum Gasteiger partial charge on any atom is -0.395 e. The van der Waals surface area contributed by atoms with Crippen molar-refractivity contribution in [2.75, 3.05) is 6.54 Å². The van der Waals surface area contributed by atoms with E-state index in [0.29, 0.717) is 17.3 Å². The molecule has 0 unspecified atom stereocenters. The van der Waals surface area contributed by atoms with Crippen LogP contribution in [0.5, 0.6) is 0 Å². The number of nitrogens with one attached hydrogen (secondary N) is 1. The van der Waals surface area contributed by atoms with Crippen molar-refractivity contribution in [2.24, 2.45) is 5.92 Å². The maximum Gasteiger partial charge on any atom is 0.433 e. The molecule has 1 aromatic heterocycles. The minimum absolute atomic E-state index is 0.0131. The third kappa shape index (κ3) is 3.79. The fraction of sp³-hybridized carbons (Fsp3) is 0.583. The lowest BCUT2D eigenvalue weighted by Crippen LogP contribution is -2.31. The summed E-state index contributed by atoms with van der Waals surface area (Å²) in [7, 11) is 0. The number of nitro groups is 1. The second-order valence-electron chi connectivity index (χ2n) is 4.72. The fourth-order valence-electron chi connectivity index (χ4n) is 2.20. The van der Waals surface area contributed by atoms with Crippen molar-refractivity contribution in [2.45, 2.75) is 30.5 Å². The molecular weight excluding hydrogens is 316 g/mol. The molecule has 1 N–H and O–H groups in total. The molecule has 0 radical (unpaired) electrons. The topological polar surface area (TPSA) is 85.4 Å². The lowest BCUT2D eigenvalue weighted by molar-refractivity contribution is -0.402. The third-order valence-corrected chi connectivity index (χ3v) is 4.24. The summed E-state index contributed by atoms with van der Waals surface area (Å²) in [5.74, 6) is -0.345. The summed E-state index contributed by atoms with van der Waals surface area (Å²) in [4.78, 5) is 22.1. The van der Waals surface area contributed by atoms with Crippen LogP contribution in [0, 0.1) is 16.0 Å². The molecule has 19 heavy (non-hydrogen) atoms. The van der Waals surface area contributed by atoms with Crippen LogP contribution in [-0.2, 0) is 0 Å². The minimum atomic E-state index is -0.659. The molecule has 0 atom stereocenters. The van der Waals surface area contributed by atoms with Crippen LogP contribution in [-0.4, -0.2) is 22.2 Å². The van der Waals surface area contributed by atoms with E-state index in [-0.39, 0.29) is 5.76 Å². The first-order valence-electron chi connectivity index (χ1n) is 6.22. The zero-order valence-corrected chi connectivity index (χ0v) is 11.9. The second-order valence-corrected chi connectivity index (χ2v) is 6.02. The van der Waals surface area contributed by atoms with Crippen LogP contribution in [0.4, 0.5) is 5.88 Å². The number of carbonyl (C=O) groups excluding carboxylic acids is 1. The normalized spacial score (nSPS) is 23.0. The van der Waals surface area contributed by atoms with Crippen LogP contribution in [0.1, 0.15) is 36.2 Å². The molecule has 0 saturated heterocycles. The monoisotopic (exact) mass is 330 g/mol. The highest BCUT2D eigenvalue weighted by atomic mass is 79.9. The standard InChI is InChI=1S/C12H15BrN2O4/c13-9-3-1-8(2-4-9)7-14-12(16)10-5-6-11(19-10)15(17)18/h5-6,8-9H,1-4,7H2,(H,14,16). The van der Waals surface area contributed by atoms with Gasteiger partial charge >= 0.3 is 5.88 Å². The number of hydrogen-bond donors (Lipinski definition) is 1. The van der Waals surface area contributed by atoms with Gasteiger partial charge in [0.1, 0.15) is 4.92 Å². The number of rotatable bonds is 4. The molecule has 1 amide bonds. The smallest absolute Gasteiger partial charge is 0.395 e. The van der Waals surface area contributed by atoms with Gasteiger partial charge in [-0.25, -0.2) is 0 Å². The van der Waals surface area contributed by atoms with Crippen molar-refractivity contribution in [3.05, 3.63) is 28.0 Å². The number of nitrogens with zero attached hydrogens (tertiary/aromatic N) is 1. The molecule has 0 aromatic carbocycles. The van der Waals surface area contributed by atoms with Gasteiger partial charge < -0.3 is 9.73 Å². The number of halogens is 1. The highest BCUT2D eigenvalue weighted by Crippen LogP contribution is 2.28. The van der Waals surface area contributed by atoms with Crippen LogP contribution < -0.4 is 5.32 Å². The van der Waals surface area contributed by atoms with Gasteiger partial charge in [0.25, 0.3) is 5.91 Å². The Balaban J connectivity index is 1.82.